The third-order valence-electron chi connectivity index (χ3n) is 4.43. The molecule has 2 nitrogen and oxygen atoms in total. The van der Waals surface area contributed by atoms with Crippen LogP contribution in [0.5, 0.6) is 0 Å². The lowest BCUT2D eigenvalue weighted by molar-refractivity contribution is 0.193. The van der Waals surface area contributed by atoms with E-state index in [2.05, 4.69) is 107 Å². The molecule has 2 unspecified atom stereocenters. The Labute approximate surface area is 153 Å². The fourth-order valence-corrected chi connectivity index (χ4v) is 3.97. The summed E-state index contributed by atoms with van der Waals surface area (Å²) in [6.07, 6.45) is 2.23. The number of nitrogens with zero attached hydrogens (tertiary/aromatic N) is 2. The van der Waals surface area contributed by atoms with Gasteiger partial charge in [0.1, 0.15) is 6.17 Å². The van der Waals surface area contributed by atoms with Gasteiger partial charge < -0.3 is 9.80 Å². The molecule has 1 heterocycles. The second-order valence-corrected chi connectivity index (χ2v) is 7.31. The predicted octanol–water partition coefficient (Wildman–Crippen LogP) is 5.40. The average Bonchev–Trinajstić information content (AvgIpc) is 2.90. The second-order valence-electron chi connectivity index (χ2n) is 5.98. The highest BCUT2D eigenvalue weighted by molar-refractivity contribution is 9.09. The van der Waals surface area contributed by atoms with Crippen LogP contribution in [0.25, 0.3) is 11.4 Å². The number of benzene rings is 2. The number of alkyl halides is 1. The van der Waals surface area contributed by atoms with E-state index >= 15 is 0 Å². The smallest absolute Gasteiger partial charge is 0.100 e. The Morgan fingerprint density at radius 1 is 1.00 bits per heavy atom. The summed E-state index contributed by atoms with van der Waals surface area (Å²) in [7, 11) is 0. The number of hydrogen-bond donors (Lipinski definition) is 0. The maximum Gasteiger partial charge on any atom is 0.100 e. The summed E-state index contributed by atoms with van der Waals surface area (Å²) in [6, 6.07) is 21.3. The molecule has 2 atom stereocenters. The summed E-state index contributed by atoms with van der Waals surface area (Å²) >= 11 is 3.80. The molecule has 0 bridgehead atoms. The van der Waals surface area contributed by atoms with Crippen LogP contribution in [0.4, 0.5) is 0 Å². The molecule has 0 amide bonds. The summed E-state index contributed by atoms with van der Waals surface area (Å²) in [5.41, 5.74) is 5.00. The highest BCUT2D eigenvalue weighted by atomic mass is 79.9. The topological polar surface area (TPSA) is 6.48 Å². The van der Waals surface area contributed by atoms with Crippen molar-refractivity contribution in [3.63, 3.8) is 0 Å². The van der Waals surface area contributed by atoms with Crippen molar-refractivity contribution >= 4 is 27.3 Å². The van der Waals surface area contributed by atoms with Crippen molar-refractivity contribution in [3.8, 4) is 0 Å². The minimum Gasteiger partial charge on any atom is -0.345 e. The van der Waals surface area contributed by atoms with E-state index in [0.29, 0.717) is 0 Å². The van der Waals surface area contributed by atoms with E-state index in [1.54, 1.807) is 0 Å². The van der Waals surface area contributed by atoms with E-state index in [1.165, 1.54) is 22.5 Å². The monoisotopic (exact) mass is 382 g/mol. The third kappa shape index (κ3) is 3.01. The van der Waals surface area contributed by atoms with Crippen LogP contribution in [-0.4, -0.2) is 27.5 Å². The van der Waals surface area contributed by atoms with Gasteiger partial charge in [0.2, 0.25) is 0 Å². The predicted molar refractivity (Wildman–Crippen MR) is 106 cm³/mol. The molecule has 3 rings (SSSR count). The molecule has 1 aliphatic rings. The molecule has 24 heavy (non-hydrogen) atoms. The van der Waals surface area contributed by atoms with Crippen molar-refractivity contribution in [2.45, 2.75) is 25.0 Å². The fraction of sp³-hybridized carbons (Fsp3) is 0.238. The minimum absolute atomic E-state index is 0.233. The Morgan fingerprint density at radius 3 is 1.96 bits per heavy atom. The van der Waals surface area contributed by atoms with E-state index in [-0.39, 0.29) is 11.1 Å². The minimum atomic E-state index is 0.233. The molecule has 0 N–H and O–H groups in total. The van der Waals surface area contributed by atoms with Gasteiger partial charge in [-0.2, -0.15) is 0 Å². The second kappa shape index (κ2) is 7.27. The van der Waals surface area contributed by atoms with Crippen molar-refractivity contribution in [2.75, 3.05) is 6.54 Å². The molecule has 0 saturated carbocycles. The lowest BCUT2D eigenvalue weighted by Crippen LogP contribution is -2.40. The molecule has 124 valence electrons. The maximum absolute atomic E-state index is 3.96. The van der Waals surface area contributed by atoms with Crippen LogP contribution in [0.15, 0.2) is 73.3 Å². The molecule has 3 heteroatoms. The van der Waals surface area contributed by atoms with Gasteiger partial charge in [0.05, 0.1) is 16.3 Å². The number of rotatable bonds is 5. The standard InChI is InChI=1S/C21H23BrN2/c1-4-15-23-17(3)24(16(2)22)21(19-13-9-6-10-14-19)20(23)18-11-7-5-8-12-18/h4-14,16-17H,1,15H2,2-3H3. The molecule has 1 aliphatic heterocycles. The zero-order chi connectivity index (χ0) is 17.1. The van der Waals surface area contributed by atoms with Gasteiger partial charge >= 0.3 is 0 Å². The van der Waals surface area contributed by atoms with Crippen molar-refractivity contribution in [2.24, 2.45) is 0 Å². The Kier molecular flexibility index (Phi) is 5.10. The molecule has 0 radical (unpaired) electrons. The first-order valence-corrected chi connectivity index (χ1v) is 9.21. The zero-order valence-corrected chi connectivity index (χ0v) is 15.8. The van der Waals surface area contributed by atoms with Gasteiger partial charge in [-0.15, -0.1) is 6.58 Å². The van der Waals surface area contributed by atoms with Gasteiger partial charge in [-0.1, -0.05) is 82.7 Å². The molecule has 0 aliphatic carbocycles. The van der Waals surface area contributed by atoms with Gasteiger partial charge in [-0.05, 0) is 13.8 Å². The van der Waals surface area contributed by atoms with Crippen molar-refractivity contribution in [1.29, 1.82) is 0 Å². The van der Waals surface area contributed by atoms with Crippen LogP contribution in [0, 0.1) is 0 Å². The SMILES string of the molecule is C=CCN1C(c2ccccc2)=C(c2ccccc2)N(C(C)Br)C1C. The van der Waals surface area contributed by atoms with Crippen LogP contribution in [0.1, 0.15) is 25.0 Å². The van der Waals surface area contributed by atoms with Gasteiger partial charge in [0, 0.05) is 17.7 Å². The highest BCUT2D eigenvalue weighted by Gasteiger charge is 2.37. The largest absolute Gasteiger partial charge is 0.345 e. The summed E-state index contributed by atoms with van der Waals surface area (Å²) in [6.45, 7) is 9.21. The fourth-order valence-electron chi connectivity index (χ4n) is 3.42. The number of halogens is 1. The average molecular weight is 383 g/mol. The van der Waals surface area contributed by atoms with Crippen molar-refractivity contribution < 1.29 is 0 Å². The van der Waals surface area contributed by atoms with Crippen molar-refractivity contribution in [3.05, 3.63) is 84.4 Å². The first-order valence-electron chi connectivity index (χ1n) is 8.30. The normalized spacial score (nSPS) is 18.9. The first-order chi connectivity index (χ1) is 11.6. The molecule has 2 aromatic carbocycles. The van der Waals surface area contributed by atoms with Gasteiger partial charge in [-0.3, -0.25) is 0 Å². The summed E-state index contributed by atoms with van der Waals surface area (Å²) in [4.78, 5) is 5.08. The Hall–Kier alpha value is -2.00. The Morgan fingerprint density at radius 2 is 1.50 bits per heavy atom. The molecule has 0 spiro atoms. The summed E-state index contributed by atoms with van der Waals surface area (Å²) < 4.78 is 0. The zero-order valence-electron chi connectivity index (χ0n) is 14.2. The van der Waals surface area contributed by atoms with Gasteiger partial charge in [0.25, 0.3) is 0 Å². The van der Waals surface area contributed by atoms with Crippen LogP contribution < -0.4 is 0 Å². The van der Waals surface area contributed by atoms with Crippen LogP contribution in [0.3, 0.4) is 0 Å². The quantitative estimate of drug-likeness (QED) is 0.387. The van der Waals surface area contributed by atoms with Gasteiger partial charge in [-0.25, -0.2) is 0 Å². The molecular weight excluding hydrogens is 360 g/mol. The van der Waals surface area contributed by atoms with E-state index in [9.17, 15) is 0 Å². The molecule has 0 fully saturated rings. The van der Waals surface area contributed by atoms with Crippen molar-refractivity contribution in [1.82, 2.24) is 9.80 Å². The van der Waals surface area contributed by atoms with E-state index in [0.717, 1.165) is 6.54 Å². The maximum atomic E-state index is 3.96. The first kappa shape index (κ1) is 16.8. The third-order valence-corrected chi connectivity index (χ3v) is 4.87. The molecule has 0 saturated heterocycles. The molecule has 2 aromatic rings. The summed E-state index contributed by atoms with van der Waals surface area (Å²) in [5.74, 6) is 0. The highest BCUT2D eigenvalue weighted by Crippen LogP contribution is 2.43. The lowest BCUT2D eigenvalue weighted by atomic mass is 10.0. The van der Waals surface area contributed by atoms with Crippen LogP contribution in [0.2, 0.25) is 0 Å². The Bertz CT molecular complexity index is 722. The van der Waals surface area contributed by atoms with Crippen LogP contribution >= 0.6 is 15.9 Å². The van der Waals surface area contributed by atoms with E-state index < -0.39 is 0 Å². The Balaban J connectivity index is 2.26. The summed E-state index contributed by atoms with van der Waals surface area (Å²) in [5, 5.41) is 0. The molecular formula is C21H23BrN2. The molecule has 0 aromatic heterocycles. The van der Waals surface area contributed by atoms with Crippen LogP contribution in [-0.2, 0) is 0 Å². The van der Waals surface area contributed by atoms with E-state index in [4.69, 9.17) is 0 Å². The lowest BCUT2D eigenvalue weighted by Gasteiger charge is -2.33. The van der Waals surface area contributed by atoms with E-state index in [1.807, 2.05) is 6.08 Å². The van der Waals surface area contributed by atoms with Gasteiger partial charge in [0.15, 0.2) is 0 Å². The number of hydrogen-bond acceptors (Lipinski definition) is 2.